The summed E-state index contributed by atoms with van der Waals surface area (Å²) in [7, 11) is 0. The molecule has 1 aromatic carbocycles. The summed E-state index contributed by atoms with van der Waals surface area (Å²) in [4.78, 5) is 0. The van der Waals surface area contributed by atoms with Crippen LogP contribution < -0.4 is 5.32 Å². The normalized spacial score (nSPS) is 12.5. The van der Waals surface area contributed by atoms with Crippen LogP contribution in [-0.4, -0.2) is 6.54 Å². The number of nitrogens with one attached hydrogen (secondary N) is 1. The van der Waals surface area contributed by atoms with Crippen molar-refractivity contribution >= 4 is 0 Å². The first-order valence-electron chi connectivity index (χ1n) is 6.21. The van der Waals surface area contributed by atoms with Crippen molar-refractivity contribution in [1.82, 2.24) is 5.32 Å². The summed E-state index contributed by atoms with van der Waals surface area (Å²) in [5.74, 6) is 1.03. The van der Waals surface area contributed by atoms with Crippen molar-refractivity contribution in [2.45, 2.75) is 25.8 Å². The molecule has 1 heterocycles. The molecule has 0 aliphatic heterocycles. The van der Waals surface area contributed by atoms with Crippen molar-refractivity contribution in [2.75, 3.05) is 6.54 Å². The molecule has 0 amide bonds. The molecule has 2 rings (SSSR count). The second-order valence-electron chi connectivity index (χ2n) is 4.15. The lowest BCUT2D eigenvalue weighted by atomic mass is 10.0. The summed E-state index contributed by atoms with van der Waals surface area (Å²) in [6.07, 6.45) is 3.87. The molecule has 17 heavy (non-hydrogen) atoms. The zero-order valence-corrected chi connectivity index (χ0v) is 10.2. The van der Waals surface area contributed by atoms with Gasteiger partial charge in [0, 0.05) is 0 Å². The van der Waals surface area contributed by atoms with E-state index in [9.17, 15) is 0 Å². The summed E-state index contributed by atoms with van der Waals surface area (Å²) in [6.45, 7) is 3.08. The van der Waals surface area contributed by atoms with E-state index in [1.54, 1.807) is 6.26 Å². The van der Waals surface area contributed by atoms with Crippen LogP contribution in [0.25, 0.3) is 0 Å². The third-order valence-corrected chi connectivity index (χ3v) is 2.90. The Balaban J connectivity index is 1.95. The third kappa shape index (κ3) is 3.46. The zero-order valence-electron chi connectivity index (χ0n) is 10.2. The van der Waals surface area contributed by atoms with E-state index in [0.717, 1.165) is 25.1 Å². The Morgan fingerprint density at radius 1 is 1.12 bits per heavy atom. The van der Waals surface area contributed by atoms with Crippen molar-refractivity contribution < 1.29 is 4.42 Å². The van der Waals surface area contributed by atoms with Crippen LogP contribution in [0, 0.1) is 0 Å². The van der Waals surface area contributed by atoms with E-state index in [4.69, 9.17) is 4.42 Å². The summed E-state index contributed by atoms with van der Waals surface area (Å²) >= 11 is 0. The predicted octanol–water partition coefficient (Wildman–Crippen LogP) is 3.56. The van der Waals surface area contributed by atoms with E-state index in [1.165, 1.54) is 5.56 Å². The van der Waals surface area contributed by atoms with Gasteiger partial charge in [-0.15, -0.1) is 0 Å². The van der Waals surface area contributed by atoms with E-state index in [0.29, 0.717) is 6.04 Å². The molecule has 1 unspecified atom stereocenters. The van der Waals surface area contributed by atoms with Gasteiger partial charge in [-0.25, -0.2) is 0 Å². The topological polar surface area (TPSA) is 25.2 Å². The van der Waals surface area contributed by atoms with Gasteiger partial charge in [-0.2, -0.15) is 0 Å². The first-order valence-corrected chi connectivity index (χ1v) is 6.21. The fourth-order valence-electron chi connectivity index (χ4n) is 2.04. The Hall–Kier alpha value is -1.54. The molecule has 0 aliphatic rings. The Morgan fingerprint density at radius 3 is 2.59 bits per heavy atom. The van der Waals surface area contributed by atoms with Gasteiger partial charge in [0.1, 0.15) is 5.76 Å². The van der Waals surface area contributed by atoms with Crippen LogP contribution in [0.5, 0.6) is 0 Å². The summed E-state index contributed by atoms with van der Waals surface area (Å²) in [5, 5.41) is 3.46. The van der Waals surface area contributed by atoms with Gasteiger partial charge in [-0.1, -0.05) is 37.3 Å². The van der Waals surface area contributed by atoms with E-state index >= 15 is 0 Å². The molecular formula is C15H19NO. The van der Waals surface area contributed by atoms with Gasteiger partial charge in [0.2, 0.25) is 0 Å². The largest absolute Gasteiger partial charge is 0.468 e. The summed E-state index contributed by atoms with van der Waals surface area (Å²) in [5.41, 5.74) is 1.38. The molecule has 1 aromatic heterocycles. The minimum atomic E-state index is 0.315. The number of benzene rings is 1. The Kier molecular flexibility index (Phi) is 4.39. The molecule has 90 valence electrons. The minimum Gasteiger partial charge on any atom is -0.468 e. The Labute approximate surface area is 103 Å². The predicted molar refractivity (Wildman–Crippen MR) is 69.9 cm³/mol. The van der Waals surface area contributed by atoms with Crippen molar-refractivity contribution in [3.05, 3.63) is 60.1 Å². The van der Waals surface area contributed by atoms with Crippen molar-refractivity contribution in [3.63, 3.8) is 0 Å². The molecule has 2 nitrogen and oxygen atoms in total. The first-order chi connectivity index (χ1) is 8.40. The number of rotatable bonds is 6. The molecular weight excluding hydrogens is 210 g/mol. The number of hydrogen-bond acceptors (Lipinski definition) is 2. The van der Waals surface area contributed by atoms with Crippen LogP contribution in [0.2, 0.25) is 0 Å². The van der Waals surface area contributed by atoms with Crippen LogP contribution in [0.1, 0.15) is 30.7 Å². The molecule has 1 N–H and O–H groups in total. The average Bonchev–Trinajstić information content (AvgIpc) is 2.89. The fourth-order valence-corrected chi connectivity index (χ4v) is 2.04. The Bertz CT molecular complexity index is 408. The SMILES string of the molecule is CCNC(CCc1ccccc1)c1ccco1. The van der Waals surface area contributed by atoms with Gasteiger partial charge in [-0.05, 0) is 37.1 Å². The molecule has 0 saturated heterocycles. The van der Waals surface area contributed by atoms with Gasteiger partial charge < -0.3 is 9.73 Å². The quantitative estimate of drug-likeness (QED) is 0.819. The zero-order chi connectivity index (χ0) is 11.9. The van der Waals surface area contributed by atoms with Crippen LogP contribution >= 0.6 is 0 Å². The smallest absolute Gasteiger partial charge is 0.120 e. The highest BCUT2D eigenvalue weighted by Crippen LogP contribution is 2.19. The van der Waals surface area contributed by atoms with Crippen LogP contribution in [0.3, 0.4) is 0 Å². The van der Waals surface area contributed by atoms with E-state index in [1.807, 2.05) is 12.1 Å². The highest BCUT2D eigenvalue weighted by Gasteiger charge is 2.12. The lowest BCUT2D eigenvalue weighted by molar-refractivity contribution is 0.401. The number of aryl methyl sites for hydroxylation is 1. The van der Waals surface area contributed by atoms with Crippen LogP contribution in [0.15, 0.2) is 53.1 Å². The molecule has 2 heteroatoms. The molecule has 0 radical (unpaired) electrons. The lowest BCUT2D eigenvalue weighted by Crippen LogP contribution is -2.21. The maximum Gasteiger partial charge on any atom is 0.120 e. The number of hydrogen-bond donors (Lipinski definition) is 1. The van der Waals surface area contributed by atoms with Crippen molar-refractivity contribution in [1.29, 1.82) is 0 Å². The van der Waals surface area contributed by atoms with E-state index in [2.05, 4.69) is 42.6 Å². The second-order valence-corrected chi connectivity index (χ2v) is 4.15. The fraction of sp³-hybridized carbons (Fsp3) is 0.333. The lowest BCUT2D eigenvalue weighted by Gasteiger charge is -2.15. The molecule has 0 bridgehead atoms. The van der Waals surface area contributed by atoms with Gasteiger partial charge in [0.05, 0.1) is 12.3 Å². The number of furan rings is 1. The summed E-state index contributed by atoms with van der Waals surface area (Å²) < 4.78 is 5.47. The van der Waals surface area contributed by atoms with Gasteiger partial charge in [0.15, 0.2) is 0 Å². The van der Waals surface area contributed by atoms with Gasteiger partial charge in [0.25, 0.3) is 0 Å². The second kappa shape index (κ2) is 6.26. The minimum absolute atomic E-state index is 0.315. The Morgan fingerprint density at radius 2 is 1.94 bits per heavy atom. The van der Waals surface area contributed by atoms with E-state index in [-0.39, 0.29) is 0 Å². The van der Waals surface area contributed by atoms with Gasteiger partial charge in [-0.3, -0.25) is 0 Å². The molecule has 0 aliphatic carbocycles. The first kappa shape index (κ1) is 11.9. The van der Waals surface area contributed by atoms with Gasteiger partial charge >= 0.3 is 0 Å². The molecule has 0 spiro atoms. The molecule has 1 atom stereocenters. The highest BCUT2D eigenvalue weighted by atomic mass is 16.3. The monoisotopic (exact) mass is 229 g/mol. The molecule has 2 aromatic rings. The maximum absolute atomic E-state index is 5.47. The molecule has 0 fully saturated rings. The maximum atomic E-state index is 5.47. The van der Waals surface area contributed by atoms with Crippen molar-refractivity contribution in [3.8, 4) is 0 Å². The summed E-state index contributed by atoms with van der Waals surface area (Å²) in [6, 6.07) is 14.9. The average molecular weight is 229 g/mol. The van der Waals surface area contributed by atoms with Crippen molar-refractivity contribution in [2.24, 2.45) is 0 Å². The van der Waals surface area contributed by atoms with E-state index < -0.39 is 0 Å². The van der Waals surface area contributed by atoms with Crippen LogP contribution in [-0.2, 0) is 6.42 Å². The van der Waals surface area contributed by atoms with Crippen LogP contribution in [0.4, 0.5) is 0 Å². The highest BCUT2D eigenvalue weighted by molar-refractivity contribution is 5.15. The standard InChI is InChI=1S/C15H19NO/c1-2-16-14(15-9-6-12-17-15)11-10-13-7-4-3-5-8-13/h3-9,12,14,16H,2,10-11H2,1H3. The molecule has 0 saturated carbocycles. The third-order valence-electron chi connectivity index (χ3n) is 2.90.